The van der Waals surface area contributed by atoms with E-state index < -0.39 is 10.2 Å². The van der Waals surface area contributed by atoms with Crippen LogP contribution in [0.3, 0.4) is 0 Å². The highest BCUT2D eigenvalue weighted by atomic mass is 32.2. The van der Waals surface area contributed by atoms with E-state index in [1.807, 2.05) is 17.0 Å². The minimum absolute atomic E-state index is 0.141. The van der Waals surface area contributed by atoms with Gasteiger partial charge >= 0.3 is 0 Å². The fourth-order valence-corrected chi connectivity index (χ4v) is 5.14. The zero-order valence-corrected chi connectivity index (χ0v) is 15.7. The lowest BCUT2D eigenvalue weighted by Crippen LogP contribution is -2.56. The second kappa shape index (κ2) is 7.01. The second-order valence-corrected chi connectivity index (χ2v) is 9.48. The molecule has 1 spiro atoms. The lowest BCUT2D eigenvalue weighted by molar-refractivity contribution is -0.139. The molecule has 0 radical (unpaired) electrons. The van der Waals surface area contributed by atoms with Gasteiger partial charge in [0.25, 0.3) is 10.2 Å². The topological polar surface area (TPSA) is 73.8 Å². The summed E-state index contributed by atoms with van der Waals surface area (Å²) in [7, 11) is -0.282. The maximum atomic E-state index is 12.5. The molecule has 1 amide bonds. The van der Waals surface area contributed by atoms with E-state index in [0.717, 1.165) is 24.8 Å². The molecule has 1 atom stereocenters. The average Bonchev–Trinajstić information content (AvgIpc) is 2.59. The third-order valence-electron chi connectivity index (χ3n) is 5.26. The monoisotopic (exact) mass is 366 g/mol. The molecule has 7 nitrogen and oxygen atoms in total. The van der Waals surface area contributed by atoms with Crippen molar-refractivity contribution >= 4 is 16.1 Å². The van der Waals surface area contributed by atoms with Crippen LogP contribution in [0.15, 0.2) is 24.5 Å². The highest BCUT2D eigenvalue weighted by Crippen LogP contribution is 2.40. The fraction of sp³-hybridized carbons (Fsp3) is 0.647. The second-order valence-electron chi connectivity index (χ2n) is 7.34. The molecule has 0 bridgehead atoms. The first-order chi connectivity index (χ1) is 11.8. The van der Waals surface area contributed by atoms with Gasteiger partial charge in [-0.15, -0.1) is 0 Å². The Morgan fingerprint density at radius 3 is 2.76 bits per heavy atom. The molecule has 138 valence electrons. The van der Waals surface area contributed by atoms with Crippen molar-refractivity contribution in [1.29, 1.82) is 0 Å². The van der Waals surface area contributed by atoms with Crippen molar-refractivity contribution in [2.45, 2.75) is 32.2 Å². The van der Waals surface area contributed by atoms with Gasteiger partial charge in [0.2, 0.25) is 5.91 Å². The van der Waals surface area contributed by atoms with Gasteiger partial charge in [-0.05, 0) is 30.9 Å². The summed E-state index contributed by atoms with van der Waals surface area (Å²) >= 11 is 0. The molecule has 1 aromatic heterocycles. The van der Waals surface area contributed by atoms with Crippen molar-refractivity contribution in [2.75, 3.05) is 33.7 Å². The number of aromatic nitrogens is 1. The van der Waals surface area contributed by atoms with Crippen LogP contribution in [-0.4, -0.2) is 66.5 Å². The van der Waals surface area contributed by atoms with E-state index in [2.05, 4.69) is 4.98 Å². The summed E-state index contributed by atoms with van der Waals surface area (Å²) in [5, 5.41) is 0. The molecule has 2 fully saturated rings. The van der Waals surface area contributed by atoms with Crippen molar-refractivity contribution < 1.29 is 13.2 Å². The van der Waals surface area contributed by atoms with E-state index in [1.54, 1.807) is 30.8 Å². The molecule has 0 N–H and O–H groups in total. The van der Waals surface area contributed by atoms with E-state index in [4.69, 9.17) is 0 Å². The molecule has 0 saturated carbocycles. The van der Waals surface area contributed by atoms with E-state index in [1.165, 1.54) is 4.31 Å². The number of hydrogen-bond acceptors (Lipinski definition) is 4. The number of likely N-dealkylation sites (tertiary alicyclic amines) is 1. The average molecular weight is 366 g/mol. The first-order valence-corrected chi connectivity index (χ1v) is 10.1. The standard InChI is InChI=1S/C17H26N4O3S/c1-19(2)25(23,24)21-10-4-7-17(14-21)8-6-16(22)20(13-17)12-15-5-3-9-18-11-15/h3,5,9,11H,4,6-8,10,12-14H2,1-2H3/t17-/m0/s1. The van der Waals surface area contributed by atoms with Crippen molar-refractivity contribution in [3.8, 4) is 0 Å². The largest absolute Gasteiger partial charge is 0.338 e. The van der Waals surface area contributed by atoms with Crippen LogP contribution in [0.2, 0.25) is 0 Å². The van der Waals surface area contributed by atoms with Crippen molar-refractivity contribution in [3.63, 3.8) is 0 Å². The van der Waals surface area contributed by atoms with E-state index >= 15 is 0 Å². The minimum Gasteiger partial charge on any atom is -0.338 e. The Morgan fingerprint density at radius 1 is 1.28 bits per heavy atom. The summed E-state index contributed by atoms with van der Waals surface area (Å²) in [5.74, 6) is 0.141. The number of carbonyl (C=O) groups excluding carboxylic acids is 1. The number of amides is 1. The third kappa shape index (κ3) is 3.86. The first kappa shape index (κ1) is 18.3. The molecular weight excluding hydrogens is 340 g/mol. The Bertz CT molecular complexity index is 723. The normalized spacial score (nSPS) is 25.7. The maximum absolute atomic E-state index is 12.5. The molecule has 0 aliphatic carbocycles. The van der Waals surface area contributed by atoms with Crippen LogP contribution in [-0.2, 0) is 21.5 Å². The molecule has 1 aromatic rings. The van der Waals surface area contributed by atoms with Gasteiger partial charge in [-0.1, -0.05) is 6.07 Å². The lowest BCUT2D eigenvalue weighted by atomic mass is 9.74. The molecule has 8 heteroatoms. The zero-order chi connectivity index (χ0) is 18.1. The van der Waals surface area contributed by atoms with Crippen LogP contribution < -0.4 is 0 Å². The van der Waals surface area contributed by atoms with Crippen LogP contribution in [0, 0.1) is 5.41 Å². The molecule has 0 aromatic carbocycles. The Morgan fingerprint density at radius 2 is 2.08 bits per heavy atom. The van der Waals surface area contributed by atoms with Crippen LogP contribution in [0.1, 0.15) is 31.2 Å². The van der Waals surface area contributed by atoms with Gasteiger partial charge in [0.05, 0.1) is 0 Å². The summed E-state index contributed by atoms with van der Waals surface area (Å²) in [4.78, 5) is 18.4. The van der Waals surface area contributed by atoms with Gasteiger partial charge in [0.15, 0.2) is 0 Å². The Hall–Kier alpha value is -1.51. The quantitative estimate of drug-likeness (QED) is 0.800. The summed E-state index contributed by atoms with van der Waals surface area (Å²) in [6.45, 7) is 2.19. The summed E-state index contributed by atoms with van der Waals surface area (Å²) in [5.41, 5.74) is 0.860. The van der Waals surface area contributed by atoms with E-state index in [9.17, 15) is 13.2 Å². The van der Waals surface area contributed by atoms with Crippen molar-refractivity contribution in [1.82, 2.24) is 18.5 Å². The Kier molecular flexibility index (Phi) is 5.13. The highest BCUT2D eigenvalue weighted by Gasteiger charge is 2.44. The minimum atomic E-state index is -3.41. The Balaban J connectivity index is 1.76. The molecular formula is C17H26N4O3S. The number of carbonyl (C=O) groups is 1. The smallest absolute Gasteiger partial charge is 0.281 e. The third-order valence-corrected chi connectivity index (χ3v) is 7.15. The summed E-state index contributed by atoms with van der Waals surface area (Å²) in [6, 6.07) is 3.83. The SMILES string of the molecule is CN(C)S(=O)(=O)N1CCC[C@@]2(CCC(=O)N(Cc3cccnc3)C2)C1. The van der Waals surface area contributed by atoms with Crippen LogP contribution in [0.5, 0.6) is 0 Å². The molecule has 3 rings (SSSR count). The number of hydrogen-bond donors (Lipinski definition) is 0. The van der Waals surface area contributed by atoms with E-state index in [0.29, 0.717) is 32.6 Å². The highest BCUT2D eigenvalue weighted by molar-refractivity contribution is 7.86. The van der Waals surface area contributed by atoms with Gasteiger partial charge in [-0.25, -0.2) is 0 Å². The predicted octanol–water partition coefficient (Wildman–Crippen LogP) is 1.09. The van der Waals surface area contributed by atoms with Gasteiger partial charge in [-0.3, -0.25) is 9.78 Å². The van der Waals surface area contributed by atoms with Gasteiger partial charge in [0.1, 0.15) is 0 Å². The molecule has 3 heterocycles. The molecule has 25 heavy (non-hydrogen) atoms. The number of piperidine rings is 2. The Labute approximate surface area is 149 Å². The first-order valence-electron chi connectivity index (χ1n) is 8.67. The fourth-order valence-electron chi connectivity index (χ4n) is 3.88. The van der Waals surface area contributed by atoms with E-state index in [-0.39, 0.29) is 11.3 Å². The lowest BCUT2D eigenvalue weighted by Gasteiger charge is -2.48. The molecule has 2 aliphatic rings. The van der Waals surface area contributed by atoms with Gasteiger partial charge < -0.3 is 4.90 Å². The van der Waals surface area contributed by atoms with Crippen molar-refractivity contribution in [3.05, 3.63) is 30.1 Å². The van der Waals surface area contributed by atoms with Gasteiger partial charge in [-0.2, -0.15) is 17.0 Å². The predicted molar refractivity (Wildman–Crippen MR) is 94.7 cm³/mol. The molecule has 2 saturated heterocycles. The van der Waals surface area contributed by atoms with Crippen LogP contribution in [0.4, 0.5) is 0 Å². The van der Waals surface area contributed by atoms with Gasteiger partial charge in [0, 0.05) is 64.5 Å². The number of pyridine rings is 1. The van der Waals surface area contributed by atoms with Crippen molar-refractivity contribution in [2.24, 2.45) is 5.41 Å². The summed E-state index contributed by atoms with van der Waals surface area (Å²) in [6.07, 6.45) is 6.53. The van der Waals surface area contributed by atoms with Crippen LogP contribution in [0.25, 0.3) is 0 Å². The molecule has 2 aliphatic heterocycles. The van der Waals surface area contributed by atoms with Crippen LogP contribution >= 0.6 is 0 Å². The number of rotatable bonds is 4. The maximum Gasteiger partial charge on any atom is 0.281 e. The zero-order valence-electron chi connectivity index (χ0n) is 14.9. The summed E-state index contributed by atoms with van der Waals surface area (Å²) < 4.78 is 27.9. The number of nitrogens with zero attached hydrogens (tertiary/aromatic N) is 4. The molecule has 0 unspecified atom stereocenters.